The second-order valence-electron chi connectivity index (χ2n) is 4.04. The Bertz CT molecular complexity index is 870. The van der Waals surface area contributed by atoms with Crippen molar-refractivity contribution in [3.8, 4) is 11.8 Å². The minimum Gasteiger partial charge on any atom is -0.336 e. The van der Waals surface area contributed by atoms with Crippen molar-refractivity contribution in [1.29, 1.82) is 5.26 Å². The number of aromatic nitrogens is 2. The van der Waals surface area contributed by atoms with Gasteiger partial charge in [0.05, 0.1) is 17.3 Å². The number of nitriles is 1. The Labute approximate surface area is 123 Å². The minimum atomic E-state index is 0.613. The molecule has 1 aromatic heterocycles. The minimum absolute atomic E-state index is 0.613. The van der Waals surface area contributed by atoms with Crippen molar-refractivity contribution in [2.45, 2.75) is 0 Å². The molecule has 0 aliphatic carbocycles. The number of hydrogen-bond donors (Lipinski definition) is 1. The van der Waals surface area contributed by atoms with Crippen molar-refractivity contribution < 1.29 is 0 Å². The van der Waals surface area contributed by atoms with Gasteiger partial charge in [-0.25, -0.2) is 0 Å². The predicted octanol–water partition coefficient (Wildman–Crippen LogP) is 4.32. The molecule has 1 N–H and O–H groups in total. The van der Waals surface area contributed by atoms with E-state index in [2.05, 4.69) is 27.0 Å². The van der Waals surface area contributed by atoms with Crippen molar-refractivity contribution in [1.82, 2.24) is 9.55 Å². The van der Waals surface area contributed by atoms with E-state index in [1.807, 2.05) is 41.0 Å². The first kappa shape index (κ1) is 12.2. The molecule has 1 heterocycles. The number of halogens is 1. The Morgan fingerprint density at radius 3 is 2.53 bits per heavy atom. The highest BCUT2D eigenvalue weighted by Crippen LogP contribution is 2.28. The van der Waals surface area contributed by atoms with E-state index < -0.39 is 0 Å². The Morgan fingerprint density at radius 2 is 1.89 bits per heavy atom. The van der Waals surface area contributed by atoms with Gasteiger partial charge in [0.1, 0.15) is 4.60 Å². The summed E-state index contributed by atoms with van der Waals surface area (Å²) in [4.78, 5) is 2.99. The molecule has 0 unspecified atom stereocenters. The fraction of sp³-hybridized carbons (Fsp3) is 0. The number of imidazole rings is 1. The van der Waals surface area contributed by atoms with E-state index in [1.54, 1.807) is 6.20 Å². The first-order chi connectivity index (χ1) is 9.22. The summed E-state index contributed by atoms with van der Waals surface area (Å²) < 4.78 is 3.37. The van der Waals surface area contributed by atoms with Crippen LogP contribution in [0.3, 0.4) is 0 Å². The third-order valence-electron chi connectivity index (χ3n) is 2.99. The van der Waals surface area contributed by atoms with Crippen LogP contribution in [0.25, 0.3) is 16.5 Å². The predicted molar refractivity (Wildman–Crippen MR) is 80.9 cm³/mol. The molecule has 0 spiro atoms. The fourth-order valence-electron chi connectivity index (χ4n) is 2.15. The van der Waals surface area contributed by atoms with Crippen LogP contribution in [0.4, 0.5) is 0 Å². The average Bonchev–Trinajstić information content (AvgIpc) is 2.77. The molecule has 92 valence electrons. The lowest BCUT2D eigenvalue weighted by molar-refractivity contribution is 1.02. The monoisotopic (exact) mass is 329 g/mol. The first-order valence-corrected chi connectivity index (χ1v) is 6.80. The third kappa shape index (κ3) is 1.89. The van der Waals surface area contributed by atoms with Crippen LogP contribution in [0.15, 0.2) is 47.2 Å². The second kappa shape index (κ2) is 4.65. The Morgan fingerprint density at radius 1 is 1.16 bits per heavy atom. The van der Waals surface area contributed by atoms with E-state index in [0.29, 0.717) is 10.3 Å². The van der Waals surface area contributed by atoms with Gasteiger partial charge in [0.25, 0.3) is 0 Å². The number of nitrogens with one attached hydrogen (secondary N) is 1. The molecule has 0 aliphatic rings. The zero-order valence-corrected chi connectivity index (χ0v) is 12.1. The largest absolute Gasteiger partial charge is 0.336 e. The summed E-state index contributed by atoms with van der Waals surface area (Å²) in [6, 6.07) is 13.8. The van der Waals surface area contributed by atoms with Crippen LogP contribution in [0.2, 0.25) is 0 Å². The molecule has 3 nitrogen and oxygen atoms in total. The number of fused-ring (bicyclic) bond motifs is 1. The molecule has 19 heavy (non-hydrogen) atoms. The zero-order valence-electron chi connectivity index (χ0n) is 9.72. The quantitative estimate of drug-likeness (QED) is 0.675. The topological polar surface area (TPSA) is 44.5 Å². The van der Waals surface area contributed by atoms with Gasteiger partial charge < -0.3 is 4.98 Å². The summed E-state index contributed by atoms with van der Waals surface area (Å²) in [6.45, 7) is 0. The van der Waals surface area contributed by atoms with E-state index in [0.717, 1.165) is 21.1 Å². The molecule has 3 aromatic rings. The van der Waals surface area contributed by atoms with Crippen molar-refractivity contribution in [2.75, 3.05) is 0 Å². The molecule has 0 saturated heterocycles. The molecular weight excluding hydrogens is 322 g/mol. The van der Waals surface area contributed by atoms with E-state index in [1.165, 1.54) is 0 Å². The summed E-state index contributed by atoms with van der Waals surface area (Å²) in [7, 11) is 0. The van der Waals surface area contributed by atoms with Crippen molar-refractivity contribution in [2.24, 2.45) is 0 Å². The molecule has 2 aromatic carbocycles. The highest BCUT2D eigenvalue weighted by atomic mass is 79.9. The maximum Gasteiger partial charge on any atom is 0.182 e. The molecule has 5 heteroatoms. The van der Waals surface area contributed by atoms with Gasteiger partial charge in [-0.1, -0.05) is 24.3 Å². The number of H-pyrrole nitrogens is 1. The van der Waals surface area contributed by atoms with Crippen LogP contribution >= 0.6 is 28.1 Å². The van der Waals surface area contributed by atoms with Crippen LogP contribution in [0.5, 0.6) is 0 Å². The first-order valence-electron chi connectivity index (χ1n) is 5.60. The van der Waals surface area contributed by atoms with Gasteiger partial charge in [0, 0.05) is 17.0 Å². The molecule has 0 saturated carbocycles. The zero-order chi connectivity index (χ0) is 13.4. The summed E-state index contributed by atoms with van der Waals surface area (Å²) in [5.74, 6) is 0. The Kier molecular flexibility index (Phi) is 2.97. The van der Waals surface area contributed by atoms with Gasteiger partial charge in [-0.05, 0) is 40.3 Å². The van der Waals surface area contributed by atoms with Crippen molar-refractivity contribution in [3.05, 3.63) is 57.5 Å². The lowest BCUT2D eigenvalue weighted by atomic mass is 10.0. The van der Waals surface area contributed by atoms with E-state index >= 15 is 0 Å². The van der Waals surface area contributed by atoms with Crippen LogP contribution in [0, 0.1) is 16.1 Å². The summed E-state index contributed by atoms with van der Waals surface area (Å²) >= 11 is 8.77. The van der Waals surface area contributed by atoms with E-state index in [9.17, 15) is 5.26 Å². The van der Waals surface area contributed by atoms with Gasteiger partial charge in [0.2, 0.25) is 0 Å². The summed E-state index contributed by atoms with van der Waals surface area (Å²) in [5, 5.41) is 11.1. The highest BCUT2D eigenvalue weighted by molar-refractivity contribution is 9.10. The normalized spacial score (nSPS) is 10.5. The molecular formula is C14H8BrN3S. The van der Waals surface area contributed by atoms with Crippen LogP contribution in [0.1, 0.15) is 5.56 Å². The number of benzene rings is 2. The van der Waals surface area contributed by atoms with Gasteiger partial charge in [-0.3, -0.25) is 4.57 Å². The SMILES string of the molecule is N#Cc1ccc(-n2c(Br)c[nH]c2=S)c2ccccc12. The lowest BCUT2D eigenvalue weighted by Crippen LogP contribution is -1.96. The van der Waals surface area contributed by atoms with E-state index in [-0.39, 0.29) is 0 Å². The number of aromatic amines is 1. The van der Waals surface area contributed by atoms with Crippen molar-refractivity contribution in [3.63, 3.8) is 0 Å². The maximum absolute atomic E-state index is 9.17. The fourth-order valence-corrected chi connectivity index (χ4v) is 3.00. The molecule has 0 radical (unpaired) electrons. The second-order valence-corrected chi connectivity index (χ2v) is 5.24. The van der Waals surface area contributed by atoms with E-state index in [4.69, 9.17) is 12.2 Å². The smallest absolute Gasteiger partial charge is 0.182 e. The molecule has 0 bridgehead atoms. The summed E-state index contributed by atoms with van der Waals surface area (Å²) in [5.41, 5.74) is 1.62. The molecule has 0 fully saturated rings. The third-order valence-corrected chi connectivity index (χ3v) is 3.88. The Balaban J connectivity index is 2.45. The average molecular weight is 330 g/mol. The standard InChI is InChI=1S/C14H8BrN3S/c15-13-8-17-14(19)18(13)12-6-5-9(7-16)10-3-1-2-4-11(10)12/h1-6,8H,(H,17,19). The molecule has 3 rings (SSSR count). The number of hydrogen-bond acceptors (Lipinski definition) is 2. The van der Waals surface area contributed by atoms with Crippen LogP contribution in [-0.4, -0.2) is 9.55 Å². The van der Waals surface area contributed by atoms with Crippen molar-refractivity contribution >= 4 is 38.9 Å². The van der Waals surface area contributed by atoms with Crippen LogP contribution < -0.4 is 0 Å². The number of rotatable bonds is 1. The Hall–Kier alpha value is -1.90. The van der Waals surface area contributed by atoms with Gasteiger partial charge in [0.15, 0.2) is 4.77 Å². The molecule has 0 amide bonds. The van der Waals surface area contributed by atoms with Gasteiger partial charge in [-0.2, -0.15) is 5.26 Å². The van der Waals surface area contributed by atoms with Gasteiger partial charge in [-0.15, -0.1) is 0 Å². The lowest BCUT2D eigenvalue weighted by Gasteiger charge is -2.09. The number of nitrogens with zero attached hydrogens (tertiary/aromatic N) is 2. The molecule has 0 atom stereocenters. The van der Waals surface area contributed by atoms with Crippen LogP contribution in [-0.2, 0) is 0 Å². The summed E-state index contributed by atoms with van der Waals surface area (Å²) in [6.07, 6.45) is 1.80. The highest BCUT2D eigenvalue weighted by Gasteiger charge is 2.10. The molecule has 0 aliphatic heterocycles. The van der Waals surface area contributed by atoms with Gasteiger partial charge >= 0.3 is 0 Å². The maximum atomic E-state index is 9.17.